The Hall–Kier alpha value is -1.25. The highest BCUT2D eigenvalue weighted by atomic mass is 16.7. The minimum absolute atomic E-state index is 0.129. The van der Waals surface area contributed by atoms with Crippen LogP contribution >= 0.6 is 0 Å². The van der Waals surface area contributed by atoms with Gasteiger partial charge in [-0.25, -0.2) is 5.06 Å². The van der Waals surface area contributed by atoms with Crippen molar-refractivity contribution >= 4 is 5.97 Å². The van der Waals surface area contributed by atoms with Crippen molar-refractivity contribution in [2.24, 2.45) is 0 Å². The summed E-state index contributed by atoms with van der Waals surface area (Å²) in [5.74, 6) is -0.295. The van der Waals surface area contributed by atoms with Crippen molar-refractivity contribution in [1.82, 2.24) is 5.06 Å². The predicted molar refractivity (Wildman–Crippen MR) is 41.3 cm³/mol. The first kappa shape index (κ1) is 7.85. The molecule has 0 saturated carbocycles. The van der Waals surface area contributed by atoms with Crippen LogP contribution in [-0.2, 0) is 9.63 Å². The highest BCUT2D eigenvalue weighted by Gasteiger charge is 2.11. The average molecular weight is 153 g/mol. The maximum atomic E-state index is 10.5. The number of rotatable bonds is 1. The molecule has 1 aliphatic rings. The maximum absolute atomic E-state index is 10.5. The molecular formula is C8H11NO2. The molecule has 0 bridgehead atoms. The Balaban J connectivity index is 2.52. The fourth-order valence-corrected chi connectivity index (χ4v) is 0.842. The number of carbonyl (C=O) groups is 1. The first-order valence-electron chi connectivity index (χ1n) is 3.52. The van der Waals surface area contributed by atoms with E-state index in [0.717, 1.165) is 0 Å². The molecule has 0 N–H and O–H groups in total. The first-order valence-corrected chi connectivity index (χ1v) is 3.52. The van der Waals surface area contributed by atoms with Gasteiger partial charge in [0.05, 0.1) is 6.04 Å². The summed E-state index contributed by atoms with van der Waals surface area (Å²) in [6.07, 6.45) is 7.42. The van der Waals surface area contributed by atoms with E-state index in [1.54, 1.807) is 6.20 Å². The molecule has 0 aromatic rings. The standard InChI is InChI=1S/C8H11NO2/c1-7-5-3-4-6-9(7)11-8(2)10/h3-7H,1-2H3. The van der Waals surface area contributed by atoms with Gasteiger partial charge in [-0.3, -0.25) is 4.79 Å². The van der Waals surface area contributed by atoms with Crippen LogP contribution in [0.4, 0.5) is 0 Å². The van der Waals surface area contributed by atoms with Crippen molar-refractivity contribution in [3.63, 3.8) is 0 Å². The SMILES string of the molecule is CC(=O)ON1C=CC=CC1C. The molecule has 1 heterocycles. The molecule has 0 spiro atoms. The van der Waals surface area contributed by atoms with Gasteiger partial charge in [-0.1, -0.05) is 12.2 Å². The van der Waals surface area contributed by atoms with Gasteiger partial charge in [0, 0.05) is 13.1 Å². The normalized spacial score (nSPS) is 22.0. The van der Waals surface area contributed by atoms with E-state index in [1.807, 2.05) is 25.2 Å². The van der Waals surface area contributed by atoms with Crippen LogP contribution in [0, 0.1) is 0 Å². The molecule has 1 rings (SSSR count). The van der Waals surface area contributed by atoms with Gasteiger partial charge in [0.2, 0.25) is 0 Å². The first-order chi connectivity index (χ1) is 5.20. The largest absolute Gasteiger partial charge is 0.341 e. The molecule has 1 aliphatic heterocycles. The van der Waals surface area contributed by atoms with Gasteiger partial charge in [-0.15, -0.1) is 0 Å². The van der Waals surface area contributed by atoms with E-state index in [1.165, 1.54) is 12.0 Å². The third-order valence-electron chi connectivity index (χ3n) is 1.37. The maximum Gasteiger partial charge on any atom is 0.329 e. The molecule has 0 fully saturated rings. The number of hydrogen-bond acceptors (Lipinski definition) is 3. The number of allylic oxidation sites excluding steroid dienone is 2. The summed E-state index contributed by atoms with van der Waals surface area (Å²) in [4.78, 5) is 15.4. The van der Waals surface area contributed by atoms with E-state index < -0.39 is 0 Å². The zero-order valence-corrected chi connectivity index (χ0v) is 6.65. The van der Waals surface area contributed by atoms with Crippen molar-refractivity contribution in [2.45, 2.75) is 19.9 Å². The lowest BCUT2D eigenvalue weighted by atomic mass is 10.2. The van der Waals surface area contributed by atoms with Crippen LogP contribution in [0.15, 0.2) is 24.4 Å². The van der Waals surface area contributed by atoms with Gasteiger partial charge in [0.15, 0.2) is 0 Å². The van der Waals surface area contributed by atoms with Crippen molar-refractivity contribution in [3.05, 3.63) is 24.4 Å². The summed E-state index contributed by atoms with van der Waals surface area (Å²) in [5.41, 5.74) is 0. The van der Waals surface area contributed by atoms with Crippen LogP contribution in [0.5, 0.6) is 0 Å². The van der Waals surface area contributed by atoms with Gasteiger partial charge in [-0.2, -0.15) is 0 Å². The van der Waals surface area contributed by atoms with Crippen LogP contribution in [0.1, 0.15) is 13.8 Å². The lowest BCUT2D eigenvalue weighted by Crippen LogP contribution is -2.29. The second-order valence-electron chi connectivity index (χ2n) is 2.41. The van der Waals surface area contributed by atoms with Gasteiger partial charge in [0.1, 0.15) is 0 Å². The third-order valence-corrected chi connectivity index (χ3v) is 1.37. The molecule has 0 radical (unpaired) electrons. The Morgan fingerprint density at radius 3 is 2.82 bits per heavy atom. The molecule has 0 aromatic heterocycles. The quantitative estimate of drug-likeness (QED) is 0.567. The Kier molecular flexibility index (Phi) is 2.31. The molecule has 1 unspecified atom stereocenters. The Bertz CT molecular complexity index is 208. The number of nitrogens with zero attached hydrogens (tertiary/aromatic N) is 1. The van der Waals surface area contributed by atoms with Gasteiger partial charge >= 0.3 is 5.97 Å². The minimum Gasteiger partial charge on any atom is -0.341 e. The molecule has 0 saturated heterocycles. The summed E-state index contributed by atoms with van der Waals surface area (Å²) in [6, 6.07) is 0.129. The Morgan fingerprint density at radius 2 is 2.27 bits per heavy atom. The Labute approximate surface area is 65.9 Å². The minimum atomic E-state index is -0.295. The molecule has 0 amide bonds. The molecule has 1 atom stereocenters. The Morgan fingerprint density at radius 1 is 1.55 bits per heavy atom. The topological polar surface area (TPSA) is 29.5 Å². The number of carbonyl (C=O) groups excluding carboxylic acids is 1. The van der Waals surface area contributed by atoms with E-state index >= 15 is 0 Å². The van der Waals surface area contributed by atoms with Crippen molar-refractivity contribution in [3.8, 4) is 0 Å². The lowest BCUT2D eigenvalue weighted by molar-refractivity contribution is -0.179. The molecule has 11 heavy (non-hydrogen) atoms. The van der Waals surface area contributed by atoms with Crippen molar-refractivity contribution in [1.29, 1.82) is 0 Å². The molecule has 3 nitrogen and oxygen atoms in total. The average Bonchev–Trinajstić information content (AvgIpc) is 1.93. The number of hydrogen-bond donors (Lipinski definition) is 0. The fourth-order valence-electron chi connectivity index (χ4n) is 0.842. The van der Waals surface area contributed by atoms with Crippen LogP contribution in [0.25, 0.3) is 0 Å². The second kappa shape index (κ2) is 3.23. The van der Waals surface area contributed by atoms with E-state index in [4.69, 9.17) is 4.84 Å². The van der Waals surface area contributed by atoms with E-state index in [-0.39, 0.29) is 12.0 Å². The van der Waals surface area contributed by atoms with Crippen LogP contribution < -0.4 is 0 Å². The summed E-state index contributed by atoms with van der Waals surface area (Å²) in [5, 5.41) is 1.52. The number of hydroxylamine groups is 2. The summed E-state index contributed by atoms with van der Waals surface area (Å²) < 4.78 is 0. The molecule has 0 aromatic carbocycles. The van der Waals surface area contributed by atoms with E-state index in [0.29, 0.717) is 0 Å². The van der Waals surface area contributed by atoms with Crippen LogP contribution in [-0.4, -0.2) is 17.1 Å². The highest BCUT2D eigenvalue weighted by molar-refractivity contribution is 5.65. The van der Waals surface area contributed by atoms with Crippen molar-refractivity contribution < 1.29 is 9.63 Å². The fraction of sp³-hybridized carbons (Fsp3) is 0.375. The van der Waals surface area contributed by atoms with Crippen molar-refractivity contribution in [2.75, 3.05) is 0 Å². The highest BCUT2D eigenvalue weighted by Crippen LogP contribution is 2.07. The summed E-state index contributed by atoms with van der Waals surface area (Å²) >= 11 is 0. The van der Waals surface area contributed by atoms with Gasteiger partial charge < -0.3 is 4.84 Å². The van der Waals surface area contributed by atoms with E-state index in [9.17, 15) is 4.79 Å². The summed E-state index contributed by atoms with van der Waals surface area (Å²) in [7, 11) is 0. The van der Waals surface area contributed by atoms with E-state index in [2.05, 4.69) is 0 Å². The van der Waals surface area contributed by atoms with Gasteiger partial charge in [0.25, 0.3) is 0 Å². The predicted octanol–water partition coefficient (Wildman–Crippen LogP) is 1.24. The monoisotopic (exact) mass is 153 g/mol. The molecular weight excluding hydrogens is 142 g/mol. The zero-order valence-electron chi connectivity index (χ0n) is 6.65. The molecule has 0 aliphatic carbocycles. The molecule has 60 valence electrons. The smallest absolute Gasteiger partial charge is 0.329 e. The second-order valence-corrected chi connectivity index (χ2v) is 2.41. The third kappa shape index (κ3) is 2.11. The van der Waals surface area contributed by atoms with Crippen LogP contribution in [0.2, 0.25) is 0 Å². The lowest BCUT2D eigenvalue weighted by Gasteiger charge is -2.24. The zero-order chi connectivity index (χ0) is 8.27. The van der Waals surface area contributed by atoms with Crippen LogP contribution in [0.3, 0.4) is 0 Å². The van der Waals surface area contributed by atoms with Gasteiger partial charge in [-0.05, 0) is 13.0 Å². The summed E-state index contributed by atoms with van der Waals surface area (Å²) in [6.45, 7) is 3.34. The molecule has 3 heteroatoms.